The predicted octanol–water partition coefficient (Wildman–Crippen LogP) is 3.74. The molecule has 1 heteroatoms. The Hall–Kier alpha value is -0.300. The maximum Gasteiger partial charge on any atom is 0.00761 e. The zero-order valence-corrected chi connectivity index (χ0v) is 10.3. The first-order valence-electron chi connectivity index (χ1n) is 5.98. The Morgan fingerprint density at radius 1 is 1.29 bits per heavy atom. The first kappa shape index (κ1) is 13.7. The van der Waals surface area contributed by atoms with Crippen LogP contribution in [-0.4, -0.2) is 6.04 Å². The second-order valence-electron chi connectivity index (χ2n) is 4.59. The van der Waals surface area contributed by atoms with Crippen molar-refractivity contribution in [3.05, 3.63) is 12.2 Å². The van der Waals surface area contributed by atoms with E-state index in [1.165, 1.54) is 19.3 Å². The normalized spacial score (nSPS) is 16.4. The summed E-state index contributed by atoms with van der Waals surface area (Å²) >= 11 is 0. The number of hydrogen-bond donors (Lipinski definition) is 1. The van der Waals surface area contributed by atoms with Crippen molar-refractivity contribution in [2.75, 3.05) is 0 Å². The summed E-state index contributed by atoms with van der Waals surface area (Å²) in [7, 11) is 0. The molecule has 0 aliphatic heterocycles. The minimum atomic E-state index is 0.352. The van der Waals surface area contributed by atoms with Crippen LogP contribution in [0.3, 0.4) is 0 Å². The van der Waals surface area contributed by atoms with Crippen LogP contribution < -0.4 is 5.73 Å². The number of nitrogens with two attached hydrogens (primary N) is 1. The molecule has 2 N–H and O–H groups in total. The molecule has 0 heterocycles. The lowest BCUT2D eigenvalue weighted by atomic mass is 9.85. The van der Waals surface area contributed by atoms with Gasteiger partial charge >= 0.3 is 0 Å². The second-order valence-corrected chi connectivity index (χ2v) is 4.59. The largest absolute Gasteiger partial charge is 0.327 e. The van der Waals surface area contributed by atoms with Crippen LogP contribution in [0.1, 0.15) is 53.4 Å². The molecule has 0 saturated carbocycles. The Morgan fingerprint density at radius 2 is 1.93 bits per heavy atom. The molecular weight excluding hydrogens is 170 g/mol. The van der Waals surface area contributed by atoms with Crippen LogP contribution in [0.2, 0.25) is 0 Å². The smallest absolute Gasteiger partial charge is 0.00761 e. The summed E-state index contributed by atoms with van der Waals surface area (Å²) in [6.45, 7) is 8.93. The maximum absolute atomic E-state index is 6.08. The average molecular weight is 197 g/mol. The monoisotopic (exact) mass is 197 g/mol. The van der Waals surface area contributed by atoms with Gasteiger partial charge in [-0.25, -0.2) is 0 Å². The Kier molecular flexibility index (Phi) is 7.87. The van der Waals surface area contributed by atoms with E-state index in [0.717, 1.165) is 18.3 Å². The summed E-state index contributed by atoms with van der Waals surface area (Å²) in [6, 6.07) is 0.352. The molecule has 0 amide bonds. The van der Waals surface area contributed by atoms with Gasteiger partial charge in [-0.3, -0.25) is 0 Å². The van der Waals surface area contributed by atoms with E-state index in [1.807, 2.05) is 0 Å². The summed E-state index contributed by atoms with van der Waals surface area (Å²) in [5, 5.41) is 0. The van der Waals surface area contributed by atoms with Gasteiger partial charge in [0.1, 0.15) is 0 Å². The Morgan fingerprint density at radius 3 is 2.36 bits per heavy atom. The zero-order chi connectivity index (χ0) is 11.0. The molecule has 0 radical (unpaired) electrons. The van der Waals surface area contributed by atoms with Crippen molar-refractivity contribution in [2.24, 2.45) is 17.6 Å². The van der Waals surface area contributed by atoms with E-state index in [1.54, 1.807) is 0 Å². The molecule has 2 unspecified atom stereocenters. The molecule has 0 aliphatic rings. The molecule has 14 heavy (non-hydrogen) atoms. The molecule has 84 valence electrons. The van der Waals surface area contributed by atoms with Crippen molar-refractivity contribution in [3.8, 4) is 0 Å². The van der Waals surface area contributed by atoms with Crippen LogP contribution in [0.4, 0.5) is 0 Å². The lowest BCUT2D eigenvalue weighted by molar-refractivity contribution is 0.310. The van der Waals surface area contributed by atoms with Crippen LogP contribution >= 0.6 is 0 Å². The van der Waals surface area contributed by atoms with Gasteiger partial charge in [0.15, 0.2) is 0 Å². The highest BCUT2D eigenvalue weighted by molar-refractivity contribution is 4.83. The third kappa shape index (κ3) is 6.20. The molecule has 0 bridgehead atoms. The summed E-state index contributed by atoms with van der Waals surface area (Å²) in [5.74, 6) is 1.58. The summed E-state index contributed by atoms with van der Waals surface area (Å²) in [5.41, 5.74) is 6.08. The first-order valence-corrected chi connectivity index (χ1v) is 5.98. The molecular formula is C13H27N. The van der Waals surface area contributed by atoms with Gasteiger partial charge in [0.25, 0.3) is 0 Å². The molecule has 0 aliphatic carbocycles. The highest BCUT2D eigenvalue weighted by Crippen LogP contribution is 2.22. The van der Waals surface area contributed by atoms with Crippen molar-refractivity contribution >= 4 is 0 Å². The van der Waals surface area contributed by atoms with Gasteiger partial charge < -0.3 is 5.73 Å². The van der Waals surface area contributed by atoms with Crippen molar-refractivity contribution in [2.45, 2.75) is 59.4 Å². The average Bonchev–Trinajstić information content (AvgIpc) is 2.14. The molecule has 0 spiro atoms. The van der Waals surface area contributed by atoms with E-state index in [-0.39, 0.29) is 0 Å². The molecule has 0 aromatic heterocycles. The van der Waals surface area contributed by atoms with Gasteiger partial charge in [0.2, 0.25) is 0 Å². The summed E-state index contributed by atoms with van der Waals surface area (Å²) in [4.78, 5) is 0. The van der Waals surface area contributed by atoms with Crippen LogP contribution in [0.15, 0.2) is 12.2 Å². The third-order valence-corrected chi connectivity index (χ3v) is 2.88. The molecule has 1 nitrogen and oxygen atoms in total. The van der Waals surface area contributed by atoms with Crippen LogP contribution in [-0.2, 0) is 0 Å². The molecule has 2 atom stereocenters. The van der Waals surface area contributed by atoms with Crippen molar-refractivity contribution < 1.29 is 0 Å². The van der Waals surface area contributed by atoms with Crippen molar-refractivity contribution in [1.29, 1.82) is 0 Å². The fraction of sp³-hybridized carbons (Fsp3) is 0.846. The van der Waals surface area contributed by atoms with Gasteiger partial charge in [-0.05, 0) is 31.6 Å². The summed E-state index contributed by atoms with van der Waals surface area (Å²) < 4.78 is 0. The van der Waals surface area contributed by atoms with Gasteiger partial charge in [0, 0.05) is 6.04 Å². The van der Waals surface area contributed by atoms with E-state index >= 15 is 0 Å². The van der Waals surface area contributed by atoms with Gasteiger partial charge in [-0.2, -0.15) is 0 Å². The first-order chi connectivity index (χ1) is 6.61. The molecule has 0 fully saturated rings. The van der Waals surface area contributed by atoms with Crippen LogP contribution in [0.25, 0.3) is 0 Å². The fourth-order valence-corrected chi connectivity index (χ4v) is 1.89. The molecule has 0 aromatic rings. The minimum absolute atomic E-state index is 0.352. The third-order valence-electron chi connectivity index (χ3n) is 2.88. The second kappa shape index (κ2) is 8.05. The van der Waals surface area contributed by atoms with Crippen molar-refractivity contribution in [3.63, 3.8) is 0 Å². The van der Waals surface area contributed by atoms with Crippen LogP contribution in [0.5, 0.6) is 0 Å². The minimum Gasteiger partial charge on any atom is -0.327 e. The van der Waals surface area contributed by atoms with Crippen molar-refractivity contribution in [1.82, 2.24) is 0 Å². The summed E-state index contributed by atoms with van der Waals surface area (Å²) in [6.07, 6.45) is 9.07. The standard InChI is InChI=1S/C13H27N/c1-5-7-9-13(14)10-12(8-6-2)11(3)4/h5,7,11-13H,6,8-10,14H2,1-4H3/b7-5-. The van der Waals surface area contributed by atoms with E-state index < -0.39 is 0 Å². The quantitative estimate of drug-likeness (QED) is 0.618. The van der Waals surface area contributed by atoms with Gasteiger partial charge in [-0.15, -0.1) is 0 Å². The Bertz CT molecular complexity index is 149. The lowest BCUT2D eigenvalue weighted by Gasteiger charge is -2.23. The van der Waals surface area contributed by atoms with E-state index in [0.29, 0.717) is 6.04 Å². The number of allylic oxidation sites excluding steroid dienone is 1. The topological polar surface area (TPSA) is 26.0 Å². The van der Waals surface area contributed by atoms with E-state index in [9.17, 15) is 0 Å². The number of hydrogen-bond acceptors (Lipinski definition) is 1. The van der Waals surface area contributed by atoms with Crippen LogP contribution in [0, 0.1) is 11.8 Å². The van der Waals surface area contributed by atoms with E-state index in [2.05, 4.69) is 39.8 Å². The zero-order valence-electron chi connectivity index (χ0n) is 10.3. The number of rotatable bonds is 7. The maximum atomic E-state index is 6.08. The molecule has 0 aromatic carbocycles. The predicted molar refractivity (Wildman–Crippen MR) is 65.3 cm³/mol. The highest BCUT2D eigenvalue weighted by atomic mass is 14.6. The highest BCUT2D eigenvalue weighted by Gasteiger charge is 2.15. The van der Waals surface area contributed by atoms with E-state index in [4.69, 9.17) is 5.73 Å². The fourth-order valence-electron chi connectivity index (χ4n) is 1.89. The van der Waals surface area contributed by atoms with Gasteiger partial charge in [0.05, 0.1) is 0 Å². The van der Waals surface area contributed by atoms with Gasteiger partial charge in [-0.1, -0.05) is 45.8 Å². The Balaban J connectivity index is 3.88. The molecule has 0 rings (SSSR count). The lowest BCUT2D eigenvalue weighted by Crippen LogP contribution is -2.25. The Labute approximate surface area is 89.8 Å². The SMILES string of the molecule is C/C=C\CC(N)CC(CCC)C(C)C. The molecule has 0 saturated heterocycles.